The van der Waals surface area contributed by atoms with E-state index in [1.165, 1.54) is 11.3 Å². The van der Waals surface area contributed by atoms with Crippen LogP contribution in [0.1, 0.15) is 0 Å². The topological polar surface area (TPSA) is 61.4 Å². The van der Waals surface area contributed by atoms with Crippen LogP contribution in [0.2, 0.25) is 0 Å². The number of piperazine rings is 1. The highest BCUT2D eigenvalue weighted by Gasteiger charge is 2.23. The maximum atomic E-state index is 11.7. The molecule has 16 heavy (non-hydrogen) atoms. The van der Waals surface area contributed by atoms with Crippen molar-refractivity contribution in [3.8, 4) is 0 Å². The first-order valence-electron chi connectivity index (χ1n) is 5.10. The molecule has 0 aliphatic carbocycles. The van der Waals surface area contributed by atoms with E-state index in [-0.39, 0.29) is 0 Å². The molecule has 2 heterocycles. The van der Waals surface area contributed by atoms with E-state index in [4.69, 9.17) is 0 Å². The Morgan fingerprint density at radius 2 is 2.12 bits per heavy atom. The largest absolute Gasteiger partial charge is 0.332 e. The number of carbonyl (C=O) groups excluding carboxylic acids is 2. The van der Waals surface area contributed by atoms with Crippen LogP contribution < -0.4 is 10.6 Å². The van der Waals surface area contributed by atoms with Crippen LogP contribution in [0.4, 0.5) is 5.69 Å². The lowest BCUT2D eigenvalue weighted by atomic mass is 10.3. The Labute approximate surface area is 97.4 Å². The van der Waals surface area contributed by atoms with Gasteiger partial charge >= 0.3 is 11.8 Å². The maximum absolute atomic E-state index is 11.7. The van der Waals surface area contributed by atoms with Crippen LogP contribution in [0.25, 0.3) is 0 Å². The molecule has 0 radical (unpaired) electrons. The van der Waals surface area contributed by atoms with Crippen molar-refractivity contribution in [3.05, 3.63) is 16.8 Å². The summed E-state index contributed by atoms with van der Waals surface area (Å²) in [7, 11) is 0. The summed E-state index contributed by atoms with van der Waals surface area (Å²) in [6, 6.07) is 1.77. The van der Waals surface area contributed by atoms with Gasteiger partial charge in [0.05, 0.1) is 5.69 Å². The van der Waals surface area contributed by atoms with E-state index >= 15 is 0 Å². The first-order valence-corrected chi connectivity index (χ1v) is 6.05. The van der Waals surface area contributed by atoms with Gasteiger partial charge in [-0.15, -0.1) is 0 Å². The molecule has 2 N–H and O–H groups in total. The Bertz CT molecular complexity index is 371. The molecule has 1 aromatic heterocycles. The monoisotopic (exact) mass is 239 g/mol. The lowest BCUT2D eigenvalue weighted by Gasteiger charge is -2.26. The van der Waals surface area contributed by atoms with E-state index in [0.29, 0.717) is 18.8 Å². The molecule has 1 fully saturated rings. The smallest absolute Gasteiger partial charge is 0.313 e. The fourth-order valence-electron chi connectivity index (χ4n) is 1.53. The summed E-state index contributed by atoms with van der Waals surface area (Å²) in [5, 5.41) is 9.36. The molecule has 1 aromatic rings. The molecule has 0 aromatic carbocycles. The zero-order chi connectivity index (χ0) is 11.4. The van der Waals surface area contributed by atoms with Gasteiger partial charge in [-0.25, -0.2) is 0 Å². The molecule has 1 aliphatic heterocycles. The van der Waals surface area contributed by atoms with Crippen LogP contribution in [0.5, 0.6) is 0 Å². The van der Waals surface area contributed by atoms with Gasteiger partial charge in [-0.05, 0) is 11.4 Å². The molecule has 86 valence electrons. The van der Waals surface area contributed by atoms with Crippen molar-refractivity contribution < 1.29 is 9.59 Å². The van der Waals surface area contributed by atoms with E-state index in [1.54, 1.807) is 16.3 Å². The Morgan fingerprint density at radius 1 is 1.38 bits per heavy atom. The number of rotatable bonds is 1. The lowest BCUT2D eigenvalue weighted by molar-refractivity contribution is -0.143. The second-order valence-electron chi connectivity index (χ2n) is 3.51. The minimum atomic E-state index is -0.555. The summed E-state index contributed by atoms with van der Waals surface area (Å²) in [4.78, 5) is 24.9. The summed E-state index contributed by atoms with van der Waals surface area (Å²) >= 11 is 1.48. The van der Waals surface area contributed by atoms with Crippen molar-refractivity contribution in [3.63, 3.8) is 0 Å². The number of nitrogens with zero attached hydrogens (tertiary/aromatic N) is 1. The van der Waals surface area contributed by atoms with Crippen LogP contribution in [0.3, 0.4) is 0 Å². The predicted octanol–water partition coefficient (Wildman–Crippen LogP) is 0.118. The van der Waals surface area contributed by atoms with Crippen LogP contribution in [-0.4, -0.2) is 42.9 Å². The molecule has 0 unspecified atom stereocenters. The van der Waals surface area contributed by atoms with E-state index < -0.39 is 11.8 Å². The number of anilines is 1. The normalized spacial score (nSPS) is 15.9. The fourth-order valence-corrected chi connectivity index (χ4v) is 2.12. The van der Waals surface area contributed by atoms with Gasteiger partial charge in [0.1, 0.15) is 0 Å². The number of nitrogens with one attached hydrogen (secondary N) is 2. The molecule has 6 heteroatoms. The fraction of sp³-hybridized carbons (Fsp3) is 0.400. The van der Waals surface area contributed by atoms with Crippen molar-refractivity contribution in [1.82, 2.24) is 10.2 Å². The number of carbonyl (C=O) groups is 2. The van der Waals surface area contributed by atoms with E-state index in [0.717, 1.165) is 13.1 Å². The summed E-state index contributed by atoms with van der Waals surface area (Å²) < 4.78 is 0. The van der Waals surface area contributed by atoms with Crippen molar-refractivity contribution in [2.75, 3.05) is 31.5 Å². The third kappa shape index (κ3) is 2.59. The van der Waals surface area contributed by atoms with Crippen LogP contribution in [0.15, 0.2) is 16.8 Å². The second kappa shape index (κ2) is 5.09. The molecule has 2 rings (SSSR count). The highest BCUT2D eigenvalue weighted by molar-refractivity contribution is 7.08. The average Bonchev–Trinajstić information content (AvgIpc) is 2.82. The number of hydrogen-bond donors (Lipinski definition) is 2. The van der Waals surface area contributed by atoms with Gasteiger partial charge in [0.2, 0.25) is 0 Å². The van der Waals surface area contributed by atoms with Gasteiger partial charge in [0.25, 0.3) is 0 Å². The number of thiophene rings is 1. The van der Waals surface area contributed by atoms with Gasteiger partial charge < -0.3 is 15.5 Å². The first-order chi connectivity index (χ1) is 7.77. The third-order valence-corrected chi connectivity index (χ3v) is 3.06. The molecule has 1 saturated heterocycles. The Balaban J connectivity index is 1.91. The summed E-state index contributed by atoms with van der Waals surface area (Å²) in [5.41, 5.74) is 0.679. The zero-order valence-electron chi connectivity index (χ0n) is 8.73. The van der Waals surface area contributed by atoms with Crippen molar-refractivity contribution in [2.45, 2.75) is 0 Å². The van der Waals surface area contributed by atoms with Crippen LogP contribution >= 0.6 is 11.3 Å². The molecular formula is C10H13N3O2S. The molecule has 5 nitrogen and oxygen atoms in total. The molecule has 0 bridgehead atoms. The quantitative estimate of drug-likeness (QED) is 0.684. The lowest BCUT2D eigenvalue weighted by Crippen LogP contribution is -2.49. The van der Waals surface area contributed by atoms with E-state index in [1.807, 2.05) is 5.38 Å². The van der Waals surface area contributed by atoms with Crippen LogP contribution in [0, 0.1) is 0 Å². The summed E-state index contributed by atoms with van der Waals surface area (Å²) in [6.07, 6.45) is 0. The highest BCUT2D eigenvalue weighted by atomic mass is 32.1. The first kappa shape index (κ1) is 11.1. The van der Waals surface area contributed by atoms with Gasteiger partial charge in [-0.2, -0.15) is 11.3 Å². The molecule has 0 spiro atoms. The van der Waals surface area contributed by atoms with Gasteiger partial charge in [-0.1, -0.05) is 0 Å². The molecular weight excluding hydrogens is 226 g/mol. The predicted molar refractivity (Wildman–Crippen MR) is 62.4 cm³/mol. The number of hydrogen-bond acceptors (Lipinski definition) is 4. The molecule has 1 aliphatic rings. The number of amides is 2. The summed E-state index contributed by atoms with van der Waals surface area (Å²) in [5.74, 6) is -1.01. The summed E-state index contributed by atoms with van der Waals surface area (Å²) in [6.45, 7) is 2.68. The Morgan fingerprint density at radius 3 is 2.75 bits per heavy atom. The third-order valence-electron chi connectivity index (χ3n) is 2.38. The Kier molecular flexibility index (Phi) is 3.53. The van der Waals surface area contributed by atoms with E-state index in [2.05, 4.69) is 10.6 Å². The van der Waals surface area contributed by atoms with Gasteiger partial charge in [-0.3, -0.25) is 9.59 Å². The van der Waals surface area contributed by atoms with Crippen molar-refractivity contribution >= 4 is 28.8 Å². The van der Waals surface area contributed by atoms with Crippen molar-refractivity contribution in [1.29, 1.82) is 0 Å². The van der Waals surface area contributed by atoms with E-state index in [9.17, 15) is 9.59 Å². The van der Waals surface area contributed by atoms with Crippen molar-refractivity contribution in [2.24, 2.45) is 0 Å². The average molecular weight is 239 g/mol. The van der Waals surface area contributed by atoms with Gasteiger partial charge in [0.15, 0.2) is 0 Å². The highest BCUT2D eigenvalue weighted by Crippen LogP contribution is 2.11. The SMILES string of the molecule is O=C(Nc1ccsc1)C(=O)N1CCNCC1. The molecule has 0 atom stereocenters. The molecule has 2 amide bonds. The molecule has 0 saturated carbocycles. The standard InChI is InChI=1S/C10H13N3O2S/c14-9(12-8-1-6-16-7-8)10(15)13-4-2-11-3-5-13/h1,6-7,11H,2-5H2,(H,12,14). The van der Waals surface area contributed by atoms with Crippen LogP contribution in [-0.2, 0) is 9.59 Å². The minimum Gasteiger partial charge on any atom is -0.332 e. The second-order valence-corrected chi connectivity index (χ2v) is 4.29. The zero-order valence-corrected chi connectivity index (χ0v) is 9.55. The minimum absolute atomic E-state index is 0.451. The Hall–Kier alpha value is -1.40. The van der Waals surface area contributed by atoms with Gasteiger partial charge in [0, 0.05) is 31.6 Å². The maximum Gasteiger partial charge on any atom is 0.313 e.